The second kappa shape index (κ2) is 6.38. The summed E-state index contributed by atoms with van der Waals surface area (Å²) >= 11 is 0. The van der Waals surface area contributed by atoms with Crippen molar-refractivity contribution in [2.45, 2.75) is 53.2 Å². The maximum atomic E-state index is 13.5. The van der Waals surface area contributed by atoms with E-state index in [9.17, 15) is 9.50 Å². The molecular formula is C17H23FN2O2. The molecule has 0 saturated heterocycles. The molecule has 4 nitrogen and oxygen atoms in total. The van der Waals surface area contributed by atoms with Gasteiger partial charge < -0.3 is 9.84 Å². The fourth-order valence-electron chi connectivity index (χ4n) is 2.41. The molecule has 0 aliphatic rings. The largest absolute Gasteiger partial charge is 0.505 e. The lowest BCUT2D eigenvalue weighted by molar-refractivity contribution is 0.227. The van der Waals surface area contributed by atoms with E-state index in [1.807, 2.05) is 25.5 Å². The van der Waals surface area contributed by atoms with Gasteiger partial charge in [-0.25, -0.2) is 4.39 Å². The van der Waals surface area contributed by atoms with Crippen LogP contribution in [-0.4, -0.2) is 21.0 Å². The zero-order valence-electron chi connectivity index (χ0n) is 13.7. The van der Waals surface area contributed by atoms with Crippen molar-refractivity contribution in [2.75, 3.05) is 0 Å². The maximum absolute atomic E-state index is 13.5. The standard InChI is InChI=1S/C17H23FN2O2/c1-10(2)20-12(5)14(17(19-20)22-11(3)4)8-13-6-7-16(21)15(18)9-13/h6-7,9-11,21H,8H2,1-5H3. The van der Waals surface area contributed by atoms with Crippen LogP contribution >= 0.6 is 0 Å². The molecule has 0 aliphatic heterocycles. The molecule has 22 heavy (non-hydrogen) atoms. The molecule has 0 fully saturated rings. The van der Waals surface area contributed by atoms with Gasteiger partial charge in [0.05, 0.1) is 6.10 Å². The number of hydrogen-bond acceptors (Lipinski definition) is 3. The fraction of sp³-hybridized carbons (Fsp3) is 0.471. The maximum Gasteiger partial charge on any atom is 0.236 e. The highest BCUT2D eigenvalue weighted by Gasteiger charge is 2.19. The molecule has 1 N–H and O–H groups in total. The third-order valence-electron chi connectivity index (χ3n) is 3.47. The Hall–Kier alpha value is -2.04. The lowest BCUT2D eigenvalue weighted by atomic mass is 10.0. The summed E-state index contributed by atoms with van der Waals surface area (Å²) in [6.07, 6.45) is 0.530. The van der Waals surface area contributed by atoms with Crippen molar-refractivity contribution in [3.05, 3.63) is 40.8 Å². The molecule has 0 spiro atoms. The molecule has 2 aromatic rings. The molecule has 0 atom stereocenters. The molecule has 0 radical (unpaired) electrons. The highest BCUT2D eigenvalue weighted by Crippen LogP contribution is 2.28. The molecule has 1 heterocycles. The second-order valence-corrected chi connectivity index (χ2v) is 6.04. The van der Waals surface area contributed by atoms with Crippen LogP contribution in [0.4, 0.5) is 4.39 Å². The number of aromatic nitrogens is 2. The van der Waals surface area contributed by atoms with E-state index >= 15 is 0 Å². The first-order valence-electron chi connectivity index (χ1n) is 7.51. The van der Waals surface area contributed by atoms with E-state index in [-0.39, 0.29) is 17.9 Å². The Morgan fingerprint density at radius 3 is 2.50 bits per heavy atom. The SMILES string of the molecule is Cc1c(Cc2ccc(O)c(F)c2)c(OC(C)C)nn1C(C)C. The van der Waals surface area contributed by atoms with Gasteiger partial charge >= 0.3 is 0 Å². The number of ether oxygens (including phenoxy) is 1. The lowest BCUT2D eigenvalue weighted by Crippen LogP contribution is -2.08. The first-order valence-corrected chi connectivity index (χ1v) is 7.51. The van der Waals surface area contributed by atoms with Crippen LogP contribution in [-0.2, 0) is 6.42 Å². The van der Waals surface area contributed by atoms with E-state index in [1.54, 1.807) is 6.07 Å². The predicted molar refractivity (Wildman–Crippen MR) is 84.0 cm³/mol. The Balaban J connectivity index is 2.41. The Kier molecular flexibility index (Phi) is 4.74. The number of halogens is 1. The number of aromatic hydroxyl groups is 1. The van der Waals surface area contributed by atoms with Gasteiger partial charge in [0.1, 0.15) is 0 Å². The summed E-state index contributed by atoms with van der Waals surface area (Å²) < 4.78 is 21.3. The molecule has 1 aromatic heterocycles. The van der Waals surface area contributed by atoms with Gasteiger partial charge in [0.2, 0.25) is 5.88 Å². The van der Waals surface area contributed by atoms with Gasteiger partial charge in [-0.3, -0.25) is 4.68 Å². The highest BCUT2D eigenvalue weighted by atomic mass is 19.1. The molecule has 0 aliphatic carbocycles. The summed E-state index contributed by atoms with van der Waals surface area (Å²) in [5.74, 6) is -0.357. The minimum atomic E-state index is -0.613. The van der Waals surface area contributed by atoms with Crippen LogP contribution in [0.2, 0.25) is 0 Å². The van der Waals surface area contributed by atoms with Crippen molar-refractivity contribution >= 4 is 0 Å². The van der Waals surface area contributed by atoms with E-state index in [4.69, 9.17) is 4.74 Å². The van der Waals surface area contributed by atoms with Crippen LogP contribution in [0.15, 0.2) is 18.2 Å². The van der Waals surface area contributed by atoms with Crippen LogP contribution in [0.1, 0.15) is 50.6 Å². The number of nitrogens with zero attached hydrogens (tertiary/aromatic N) is 2. The minimum absolute atomic E-state index is 0.0187. The predicted octanol–water partition coefficient (Wildman–Crippen LogP) is 4.00. The van der Waals surface area contributed by atoms with Gasteiger partial charge in [-0.2, -0.15) is 0 Å². The molecule has 0 bridgehead atoms. The zero-order valence-corrected chi connectivity index (χ0v) is 13.7. The van der Waals surface area contributed by atoms with Crippen molar-refractivity contribution in [1.82, 2.24) is 9.78 Å². The van der Waals surface area contributed by atoms with Crippen molar-refractivity contribution in [1.29, 1.82) is 0 Å². The van der Waals surface area contributed by atoms with Crippen LogP contribution in [0.25, 0.3) is 0 Å². The summed E-state index contributed by atoms with van der Waals surface area (Å²) in [6, 6.07) is 4.65. The van der Waals surface area contributed by atoms with Crippen molar-refractivity contribution in [3.8, 4) is 11.6 Å². The Labute approximate surface area is 130 Å². The van der Waals surface area contributed by atoms with E-state index in [2.05, 4.69) is 18.9 Å². The number of phenolic OH excluding ortho intramolecular Hbond substituents is 1. The average molecular weight is 306 g/mol. The van der Waals surface area contributed by atoms with E-state index in [0.29, 0.717) is 12.3 Å². The summed E-state index contributed by atoms with van der Waals surface area (Å²) in [4.78, 5) is 0. The third-order valence-corrected chi connectivity index (χ3v) is 3.47. The summed E-state index contributed by atoms with van der Waals surface area (Å²) in [6.45, 7) is 10.0. The van der Waals surface area contributed by atoms with Gasteiger partial charge in [0.15, 0.2) is 11.6 Å². The van der Waals surface area contributed by atoms with Crippen molar-refractivity contribution in [3.63, 3.8) is 0 Å². The van der Waals surface area contributed by atoms with E-state index < -0.39 is 5.82 Å². The smallest absolute Gasteiger partial charge is 0.236 e. The third kappa shape index (κ3) is 3.40. The van der Waals surface area contributed by atoms with Crippen LogP contribution in [0, 0.1) is 12.7 Å². The number of benzene rings is 1. The molecule has 0 saturated carbocycles. The molecule has 1 aromatic carbocycles. The first kappa shape index (κ1) is 16.3. The van der Waals surface area contributed by atoms with Gasteiger partial charge in [-0.05, 0) is 52.3 Å². The summed E-state index contributed by atoms with van der Waals surface area (Å²) in [7, 11) is 0. The summed E-state index contributed by atoms with van der Waals surface area (Å²) in [5.41, 5.74) is 2.74. The van der Waals surface area contributed by atoms with Crippen LogP contribution in [0.3, 0.4) is 0 Å². The first-order chi connectivity index (χ1) is 10.3. The quantitative estimate of drug-likeness (QED) is 0.908. The minimum Gasteiger partial charge on any atom is -0.505 e. The average Bonchev–Trinajstić information content (AvgIpc) is 2.71. The van der Waals surface area contributed by atoms with Gasteiger partial charge in [0.25, 0.3) is 0 Å². The van der Waals surface area contributed by atoms with Crippen molar-refractivity contribution < 1.29 is 14.2 Å². The zero-order chi connectivity index (χ0) is 16.4. The van der Waals surface area contributed by atoms with Gasteiger partial charge in [0, 0.05) is 23.7 Å². The molecule has 0 unspecified atom stereocenters. The van der Waals surface area contributed by atoms with Crippen molar-refractivity contribution in [2.24, 2.45) is 0 Å². The summed E-state index contributed by atoms with van der Waals surface area (Å²) in [5, 5.41) is 13.8. The fourth-order valence-corrected chi connectivity index (χ4v) is 2.41. The monoisotopic (exact) mass is 306 g/mol. The Bertz CT molecular complexity index is 663. The van der Waals surface area contributed by atoms with E-state index in [0.717, 1.165) is 16.8 Å². The highest BCUT2D eigenvalue weighted by molar-refractivity contribution is 5.38. The normalized spacial score (nSPS) is 11.5. The molecule has 2 rings (SSSR count). The molecule has 5 heteroatoms. The Morgan fingerprint density at radius 1 is 1.27 bits per heavy atom. The number of phenols is 1. The van der Waals surface area contributed by atoms with Crippen LogP contribution in [0.5, 0.6) is 11.6 Å². The van der Waals surface area contributed by atoms with Gasteiger partial charge in [-0.15, -0.1) is 5.10 Å². The van der Waals surface area contributed by atoms with Crippen LogP contribution < -0.4 is 4.74 Å². The molecular weight excluding hydrogens is 283 g/mol. The topological polar surface area (TPSA) is 47.3 Å². The van der Waals surface area contributed by atoms with Gasteiger partial charge in [-0.1, -0.05) is 6.07 Å². The number of hydrogen-bond donors (Lipinski definition) is 1. The Morgan fingerprint density at radius 2 is 1.95 bits per heavy atom. The van der Waals surface area contributed by atoms with E-state index in [1.165, 1.54) is 12.1 Å². The number of rotatable bonds is 5. The molecule has 120 valence electrons. The lowest BCUT2D eigenvalue weighted by Gasteiger charge is -2.09. The molecule has 0 amide bonds. The second-order valence-electron chi connectivity index (χ2n) is 6.04.